The number of hydrogen-bond acceptors (Lipinski definition) is 7. The minimum atomic E-state index is -0.736. The van der Waals surface area contributed by atoms with E-state index in [-0.39, 0.29) is 11.5 Å². The average Bonchev–Trinajstić information content (AvgIpc) is 2.67. The Morgan fingerprint density at radius 2 is 1.72 bits per heavy atom. The number of hydrogen-bond donors (Lipinski definition) is 1. The zero-order valence-electron chi connectivity index (χ0n) is 19.3. The molecule has 0 aromatic heterocycles. The molecule has 1 aliphatic heterocycles. The third kappa shape index (κ3) is 5.49. The predicted molar refractivity (Wildman–Crippen MR) is 118 cm³/mol. The molecule has 2 aromatic rings. The molecule has 8 heteroatoms. The maximum absolute atomic E-state index is 12.6. The molecule has 1 aliphatic rings. The van der Waals surface area contributed by atoms with Crippen LogP contribution >= 0.6 is 0 Å². The Balaban J connectivity index is 1.99. The van der Waals surface area contributed by atoms with Crippen molar-refractivity contribution in [2.75, 3.05) is 6.54 Å². The second-order valence-corrected chi connectivity index (χ2v) is 9.30. The summed E-state index contributed by atoms with van der Waals surface area (Å²) in [5.74, 6) is -0.403. The van der Waals surface area contributed by atoms with Gasteiger partial charge in [0, 0.05) is 23.3 Å². The highest BCUT2D eigenvalue weighted by molar-refractivity contribution is 5.99. The Labute approximate surface area is 187 Å². The van der Waals surface area contributed by atoms with Crippen molar-refractivity contribution in [1.82, 2.24) is 5.32 Å². The van der Waals surface area contributed by atoms with Crippen molar-refractivity contribution in [3.63, 3.8) is 0 Å². The van der Waals surface area contributed by atoms with Crippen LogP contribution in [0.4, 0.5) is 4.79 Å². The molecule has 1 amide bonds. The minimum Gasteiger partial charge on any atom is -0.487 e. The topological polar surface area (TPSA) is 100 Å². The van der Waals surface area contributed by atoms with Crippen LogP contribution in [0.2, 0.25) is 0 Å². The highest BCUT2D eigenvalue weighted by Gasteiger charge is 2.34. The van der Waals surface area contributed by atoms with E-state index in [1.54, 1.807) is 32.9 Å². The number of esters is 2. The van der Waals surface area contributed by atoms with Gasteiger partial charge in [0.2, 0.25) is 0 Å². The maximum atomic E-state index is 12.6. The zero-order chi connectivity index (χ0) is 23.7. The lowest BCUT2D eigenvalue weighted by Crippen LogP contribution is -2.37. The van der Waals surface area contributed by atoms with Crippen LogP contribution < -0.4 is 19.5 Å². The quantitative estimate of drug-likeness (QED) is 0.555. The normalized spacial score (nSPS) is 14.7. The van der Waals surface area contributed by atoms with Gasteiger partial charge < -0.3 is 24.3 Å². The molecule has 0 spiro atoms. The first kappa shape index (κ1) is 23.4. The van der Waals surface area contributed by atoms with Gasteiger partial charge in [-0.1, -0.05) is 24.3 Å². The van der Waals surface area contributed by atoms with Crippen LogP contribution in [0.25, 0.3) is 10.8 Å². The minimum absolute atomic E-state index is 0.125. The Kier molecular flexibility index (Phi) is 6.34. The first-order valence-electron chi connectivity index (χ1n) is 10.5. The first-order valence-corrected chi connectivity index (χ1v) is 10.5. The number of nitrogens with one attached hydrogen (secondary N) is 1. The first-order chi connectivity index (χ1) is 14.9. The van der Waals surface area contributed by atoms with Gasteiger partial charge in [-0.3, -0.25) is 4.79 Å². The van der Waals surface area contributed by atoms with E-state index >= 15 is 0 Å². The van der Waals surface area contributed by atoms with E-state index in [1.165, 1.54) is 6.92 Å². The van der Waals surface area contributed by atoms with E-state index in [0.717, 1.165) is 5.39 Å². The molecule has 0 unspecified atom stereocenters. The number of alkyl carbamates (subject to hydrolysis) is 1. The summed E-state index contributed by atoms with van der Waals surface area (Å²) in [7, 11) is 0. The van der Waals surface area contributed by atoms with E-state index < -0.39 is 35.8 Å². The summed E-state index contributed by atoms with van der Waals surface area (Å²) in [5, 5.41) is 3.72. The lowest BCUT2D eigenvalue weighted by molar-refractivity contribution is -0.135. The molecular weight excluding hydrogens is 414 g/mol. The Morgan fingerprint density at radius 1 is 1.06 bits per heavy atom. The van der Waals surface area contributed by atoms with Gasteiger partial charge in [0.15, 0.2) is 11.5 Å². The fourth-order valence-corrected chi connectivity index (χ4v) is 3.46. The Bertz CT molecular complexity index is 1070. The van der Waals surface area contributed by atoms with E-state index in [0.29, 0.717) is 29.5 Å². The van der Waals surface area contributed by atoms with Crippen LogP contribution in [-0.2, 0) is 20.7 Å². The molecule has 32 heavy (non-hydrogen) atoms. The third-order valence-corrected chi connectivity index (χ3v) is 4.76. The SMILES string of the molecule is CC(=O)Oc1c(OC(=O)CNC(=O)OC(C)(C)C)c2c(c3ccccc13)OC(C)(C)CC2. The number of carbonyl (C=O) groups excluding carboxylic acids is 3. The number of fused-ring (bicyclic) bond motifs is 3. The predicted octanol–water partition coefficient (Wildman–Crippen LogP) is 4.30. The van der Waals surface area contributed by atoms with Crippen molar-refractivity contribution in [2.45, 2.75) is 65.6 Å². The summed E-state index contributed by atoms with van der Waals surface area (Å²) >= 11 is 0. The van der Waals surface area contributed by atoms with Gasteiger partial charge in [0.05, 0.1) is 0 Å². The molecule has 0 bridgehead atoms. The van der Waals surface area contributed by atoms with Gasteiger partial charge in [-0.25, -0.2) is 9.59 Å². The molecule has 0 fully saturated rings. The molecule has 172 valence electrons. The van der Waals surface area contributed by atoms with Crippen LogP contribution in [0.15, 0.2) is 24.3 Å². The van der Waals surface area contributed by atoms with Crippen LogP contribution in [0.5, 0.6) is 17.2 Å². The van der Waals surface area contributed by atoms with Gasteiger partial charge in [0.25, 0.3) is 0 Å². The van der Waals surface area contributed by atoms with Crippen molar-refractivity contribution >= 4 is 28.8 Å². The highest BCUT2D eigenvalue weighted by atomic mass is 16.6. The van der Waals surface area contributed by atoms with E-state index in [9.17, 15) is 14.4 Å². The van der Waals surface area contributed by atoms with E-state index in [2.05, 4.69) is 5.32 Å². The lowest BCUT2D eigenvalue weighted by Gasteiger charge is -2.34. The summed E-state index contributed by atoms with van der Waals surface area (Å²) in [4.78, 5) is 36.3. The molecule has 0 radical (unpaired) electrons. The number of amides is 1. The average molecular weight is 443 g/mol. The van der Waals surface area contributed by atoms with Crippen molar-refractivity contribution in [3.05, 3.63) is 29.8 Å². The van der Waals surface area contributed by atoms with Gasteiger partial charge >= 0.3 is 18.0 Å². The number of ether oxygens (including phenoxy) is 4. The van der Waals surface area contributed by atoms with Gasteiger partial charge in [0.1, 0.15) is 23.5 Å². The van der Waals surface area contributed by atoms with Gasteiger partial charge in [-0.05, 0) is 47.5 Å². The number of rotatable bonds is 4. The van der Waals surface area contributed by atoms with Crippen LogP contribution in [-0.4, -0.2) is 35.8 Å². The fraction of sp³-hybridized carbons (Fsp3) is 0.458. The van der Waals surface area contributed by atoms with Crippen molar-refractivity contribution in [3.8, 4) is 17.2 Å². The van der Waals surface area contributed by atoms with E-state index in [1.807, 2.05) is 26.0 Å². The fourth-order valence-electron chi connectivity index (χ4n) is 3.46. The molecule has 0 aliphatic carbocycles. The molecule has 1 heterocycles. The molecule has 2 aromatic carbocycles. The summed E-state index contributed by atoms with van der Waals surface area (Å²) in [6.45, 7) is 10.0. The summed E-state index contributed by atoms with van der Waals surface area (Å²) in [6, 6.07) is 7.31. The standard InChI is InChI=1S/C24H29NO7/c1-14(26)29-20-16-10-8-7-9-15(16)19-17(11-12-24(5,6)31-19)21(20)30-18(27)13-25-22(28)32-23(2,3)4/h7-10H,11-13H2,1-6H3,(H,25,28). The largest absolute Gasteiger partial charge is 0.487 e. The third-order valence-electron chi connectivity index (χ3n) is 4.76. The monoisotopic (exact) mass is 443 g/mol. The highest BCUT2D eigenvalue weighted by Crippen LogP contribution is 2.50. The number of carbonyl (C=O) groups is 3. The van der Waals surface area contributed by atoms with Gasteiger partial charge in [-0.2, -0.15) is 0 Å². The second-order valence-electron chi connectivity index (χ2n) is 9.30. The Morgan fingerprint density at radius 3 is 2.34 bits per heavy atom. The second kappa shape index (κ2) is 8.68. The zero-order valence-corrected chi connectivity index (χ0v) is 19.3. The van der Waals surface area contributed by atoms with Crippen LogP contribution in [0, 0.1) is 0 Å². The molecule has 3 rings (SSSR count). The summed E-state index contributed by atoms with van der Waals surface area (Å²) < 4.78 is 22.5. The van der Waals surface area contributed by atoms with Crippen molar-refractivity contribution < 1.29 is 33.3 Å². The molecule has 0 saturated carbocycles. The lowest BCUT2D eigenvalue weighted by atomic mass is 9.91. The molecule has 0 saturated heterocycles. The summed E-state index contributed by atoms with van der Waals surface area (Å²) in [5.41, 5.74) is -0.457. The summed E-state index contributed by atoms with van der Waals surface area (Å²) in [6.07, 6.45) is 0.502. The maximum Gasteiger partial charge on any atom is 0.408 e. The van der Waals surface area contributed by atoms with Crippen molar-refractivity contribution in [1.29, 1.82) is 0 Å². The van der Waals surface area contributed by atoms with E-state index in [4.69, 9.17) is 18.9 Å². The smallest absolute Gasteiger partial charge is 0.408 e. The molecule has 1 N–H and O–H groups in total. The molecule has 0 atom stereocenters. The Hall–Kier alpha value is -3.29. The number of benzene rings is 2. The van der Waals surface area contributed by atoms with Crippen molar-refractivity contribution in [2.24, 2.45) is 0 Å². The molecule has 8 nitrogen and oxygen atoms in total. The van der Waals surface area contributed by atoms with Crippen LogP contribution in [0.3, 0.4) is 0 Å². The molecular formula is C24H29NO7. The van der Waals surface area contributed by atoms with Crippen LogP contribution in [0.1, 0.15) is 53.5 Å². The van der Waals surface area contributed by atoms with Gasteiger partial charge in [-0.15, -0.1) is 0 Å².